The maximum absolute atomic E-state index is 13.5. The van der Waals surface area contributed by atoms with Gasteiger partial charge in [0.05, 0.1) is 19.1 Å². The van der Waals surface area contributed by atoms with Gasteiger partial charge in [-0.05, 0) is 37.5 Å². The Morgan fingerprint density at radius 3 is 3.00 bits per heavy atom. The molecule has 5 heteroatoms. The smallest absolute Gasteiger partial charge is 0.316 e. The highest BCUT2D eigenvalue weighted by molar-refractivity contribution is 6.06. The van der Waals surface area contributed by atoms with Gasteiger partial charge in [0.15, 0.2) is 5.78 Å². The van der Waals surface area contributed by atoms with Crippen LogP contribution in [0.15, 0.2) is 18.2 Å². The predicted molar refractivity (Wildman–Crippen MR) is 67.9 cm³/mol. The van der Waals surface area contributed by atoms with Gasteiger partial charge in [-0.3, -0.25) is 9.59 Å². The predicted octanol–water partition coefficient (Wildman–Crippen LogP) is 2.00. The normalized spacial score (nSPS) is 28.1. The molecule has 106 valence electrons. The second-order valence-electron chi connectivity index (χ2n) is 5.30. The molecule has 1 aromatic carbocycles. The van der Waals surface area contributed by atoms with Crippen molar-refractivity contribution < 1.29 is 23.5 Å². The van der Waals surface area contributed by atoms with Gasteiger partial charge in [-0.2, -0.15) is 0 Å². The van der Waals surface area contributed by atoms with Gasteiger partial charge in [0.2, 0.25) is 0 Å². The molecule has 4 nitrogen and oxygen atoms in total. The highest BCUT2D eigenvalue weighted by Gasteiger charge is 2.54. The van der Waals surface area contributed by atoms with E-state index in [0.717, 1.165) is 0 Å². The number of ketones is 1. The fraction of sp³-hybridized carbons (Fsp3) is 0.467. The third kappa shape index (κ3) is 1.72. The summed E-state index contributed by atoms with van der Waals surface area (Å²) in [5.74, 6) is -1.27. The number of Topliss-reactive ketones (excluding diaryl/α,β-unsaturated/α-hetero) is 1. The molecule has 0 bridgehead atoms. The molecular formula is C15H15FO4. The molecule has 1 spiro atoms. The summed E-state index contributed by atoms with van der Waals surface area (Å²) < 4.78 is 23.7. The number of benzene rings is 1. The number of carbonyl (C=O) groups is 2. The van der Waals surface area contributed by atoms with Crippen molar-refractivity contribution in [2.45, 2.75) is 24.7 Å². The Labute approximate surface area is 115 Å². The van der Waals surface area contributed by atoms with Crippen molar-refractivity contribution in [3.05, 3.63) is 29.6 Å². The van der Waals surface area contributed by atoms with Crippen LogP contribution in [0.4, 0.5) is 4.39 Å². The molecule has 1 fully saturated rings. The molecule has 0 amide bonds. The van der Waals surface area contributed by atoms with E-state index in [1.807, 2.05) is 0 Å². The van der Waals surface area contributed by atoms with Crippen molar-refractivity contribution in [2.75, 3.05) is 13.7 Å². The number of carbonyl (C=O) groups excluding carboxylic acids is 2. The van der Waals surface area contributed by atoms with Crippen molar-refractivity contribution in [3.8, 4) is 5.75 Å². The maximum atomic E-state index is 13.5. The Morgan fingerprint density at radius 2 is 2.25 bits per heavy atom. The van der Waals surface area contributed by atoms with E-state index >= 15 is 0 Å². The summed E-state index contributed by atoms with van der Waals surface area (Å²) >= 11 is 0. The zero-order valence-electron chi connectivity index (χ0n) is 11.1. The number of hydrogen-bond donors (Lipinski definition) is 0. The van der Waals surface area contributed by atoms with Gasteiger partial charge in [-0.25, -0.2) is 4.39 Å². The molecule has 1 aromatic rings. The lowest BCUT2D eigenvalue weighted by molar-refractivity contribution is -0.149. The molecule has 2 aliphatic rings. The molecule has 0 aromatic heterocycles. The summed E-state index contributed by atoms with van der Waals surface area (Å²) in [6.07, 6.45) is 1.46. The molecule has 0 N–H and O–H groups in total. The fourth-order valence-electron chi connectivity index (χ4n) is 3.33. The lowest BCUT2D eigenvalue weighted by atomic mass is 9.73. The lowest BCUT2D eigenvalue weighted by Gasteiger charge is -2.34. The van der Waals surface area contributed by atoms with Crippen LogP contribution in [0.5, 0.6) is 5.75 Å². The molecular weight excluding hydrogens is 263 g/mol. The number of methoxy groups -OCH3 is 1. The molecule has 2 unspecified atom stereocenters. The summed E-state index contributed by atoms with van der Waals surface area (Å²) in [6.45, 7) is 0.401. The van der Waals surface area contributed by atoms with Crippen LogP contribution >= 0.6 is 0 Å². The van der Waals surface area contributed by atoms with Crippen LogP contribution in [0.3, 0.4) is 0 Å². The van der Waals surface area contributed by atoms with Crippen molar-refractivity contribution in [1.82, 2.24) is 0 Å². The van der Waals surface area contributed by atoms with Crippen LogP contribution in [0.2, 0.25) is 0 Å². The molecule has 20 heavy (non-hydrogen) atoms. The van der Waals surface area contributed by atoms with Gasteiger partial charge < -0.3 is 9.47 Å². The van der Waals surface area contributed by atoms with Crippen molar-refractivity contribution in [1.29, 1.82) is 0 Å². The minimum Gasteiger partial charge on any atom is -0.493 e. The first-order valence-electron chi connectivity index (χ1n) is 6.63. The van der Waals surface area contributed by atoms with E-state index in [1.54, 1.807) is 6.07 Å². The number of rotatable bonds is 1. The first-order valence-corrected chi connectivity index (χ1v) is 6.63. The quantitative estimate of drug-likeness (QED) is 0.582. The molecule has 2 atom stereocenters. The Balaban J connectivity index is 2.05. The van der Waals surface area contributed by atoms with Crippen LogP contribution in [-0.4, -0.2) is 25.5 Å². The Hall–Kier alpha value is -1.91. The van der Waals surface area contributed by atoms with Crippen molar-refractivity contribution >= 4 is 11.8 Å². The molecule has 1 aliphatic carbocycles. The maximum Gasteiger partial charge on any atom is 0.316 e. The highest BCUT2D eigenvalue weighted by atomic mass is 19.1. The van der Waals surface area contributed by atoms with Gasteiger partial charge in [0.1, 0.15) is 17.5 Å². The monoisotopic (exact) mass is 278 g/mol. The van der Waals surface area contributed by atoms with Crippen molar-refractivity contribution in [3.63, 3.8) is 0 Å². The number of halogens is 1. The SMILES string of the molecule is COC(=O)C1CCC2(CCOc3ccc(F)cc32)C1=O. The third-order valence-corrected chi connectivity index (χ3v) is 4.38. The summed E-state index contributed by atoms with van der Waals surface area (Å²) in [6, 6.07) is 4.21. The van der Waals surface area contributed by atoms with Crippen LogP contribution in [0.25, 0.3) is 0 Å². The molecule has 0 saturated heterocycles. The van der Waals surface area contributed by atoms with Gasteiger partial charge in [0, 0.05) is 5.56 Å². The summed E-state index contributed by atoms with van der Waals surface area (Å²) in [5.41, 5.74) is -0.227. The number of esters is 1. The Kier molecular flexibility index (Phi) is 3.00. The first-order chi connectivity index (χ1) is 9.58. The van der Waals surface area contributed by atoms with Gasteiger partial charge in [0.25, 0.3) is 0 Å². The number of hydrogen-bond acceptors (Lipinski definition) is 4. The summed E-state index contributed by atoms with van der Waals surface area (Å²) in [5, 5.41) is 0. The minimum atomic E-state index is -0.797. The fourth-order valence-corrected chi connectivity index (χ4v) is 3.33. The minimum absolute atomic E-state index is 0.167. The van der Waals surface area contributed by atoms with E-state index in [4.69, 9.17) is 4.74 Å². The zero-order valence-corrected chi connectivity index (χ0v) is 11.1. The largest absolute Gasteiger partial charge is 0.493 e. The Bertz CT molecular complexity index is 583. The van der Waals surface area contributed by atoms with Crippen LogP contribution in [0, 0.1) is 11.7 Å². The summed E-state index contributed by atoms with van der Waals surface area (Å²) in [4.78, 5) is 24.4. The Morgan fingerprint density at radius 1 is 1.45 bits per heavy atom. The van der Waals surface area contributed by atoms with Gasteiger partial charge in [-0.15, -0.1) is 0 Å². The average molecular weight is 278 g/mol. The molecule has 0 radical (unpaired) electrons. The summed E-state index contributed by atoms with van der Waals surface area (Å²) in [7, 11) is 1.28. The zero-order chi connectivity index (χ0) is 14.3. The molecule has 1 aliphatic heterocycles. The molecule has 1 saturated carbocycles. The van der Waals surface area contributed by atoms with E-state index in [1.165, 1.54) is 19.2 Å². The topological polar surface area (TPSA) is 52.6 Å². The van der Waals surface area contributed by atoms with E-state index in [9.17, 15) is 14.0 Å². The van der Waals surface area contributed by atoms with E-state index in [0.29, 0.717) is 37.2 Å². The second-order valence-corrected chi connectivity index (χ2v) is 5.30. The van der Waals surface area contributed by atoms with Crippen LogP contribution in [0.1, 0.15) is 24.8 Å². The number of fused-ring (bicyclic) bond motifs is 2. The lowest BCUT2D eigenvalue weighted by Crippen LogP contribution is -2.40. The first kappa shape index (κ1) is 13.1. The van der Waals surface area contributed by atoms with E-state index in [-0.39, 0.29) is 5.78 Å². The average Bonchev–Trinajstić information content (AvgIpc) is 2.77. The van der Waals surface area contributed by atoms with Gasteiger partial charge in [-0.1, -0.05) is 0 Å². The second kappa shape index (κ2) is 4.58. The molecule has 1 heterocycles. The van der Waals surface area contributed by atoms with Crippen LogP contribution in [-0.2, 0) is 19.7 Å². The molecule has 3 rings (SSSR count). The number of ether oxygens (including phenoxy) is 2. The van der Waals surface area contributed by atoms with E-state index < -0.39 is 23.1 Å². The highest BCUT2D eigenvalue weighted by Crippen LogP contribution is 2.49. The van der Waals surface area contributed by atoms with E-state index in [2.05, 4.69) is 4.74 Å². The van der Waals surface area contributed by atoms with Crippen LogP contribution < -0.4 is 4.74 Å². The van der Waals surface area contributed by atoms with Gasteiger partial charge >= 0.3 is 5.97 Å². The van der Waals surface area contributed by atoms with Crippen molar-refractivity contribution in [2.24, 2.45) is 5.92 Å². The third-order valence-electron chi connectivity index (χ3n) is 4.38. The standard InChI is InChI=1S/C15H15FO4/c1-19-14(18)10-4-5-15(13(10)17)6-7-20-12-3-2-9(16)8-11(12)15/h2-3,8,10H,4-7H2,1H3.